The average molecular weight is 555 g/mol. The number of fused-ring (bicyclic) bond motifs is 1. The first-order chi connectivity index (χ1) is 20.4. The van der Waals surface area contributed by atoms with Gasteiger partial charge in [0.1, 0.15) is 5.82 Å². The maximum absolute atomic E-state index is 14.1. The maximum Gasteiger partial charge on any atom is 0.266 e. The lowest BCUT2D eigenvalue weighted by Gasteiger charge is -2.32. The predicted molar refractivity (Wildman–Crippen MR) is 167 cm³/mol. The molecule has 0 N–H and O–H groups in total. The molecule has 42 heavy (non-hydrogen) atoms. The van der Waals surface area contributed by atoms with Gasteiger partial charge in [0.15, 0.2) is 0 Å². The highest BCUT2D eigenvalue weighted by Crippen LogP contribution is 2.28. The Morgan fingerprint density at radius 1 is 0.905 bits per heavy atom. The number of benzene rings is 4. The molecule has 1 unspecified atom stereocenters. The zero-order chi connectivity index (χ0) is 29.6. The van der Waals surface area contributed by atoms with Crippen molar-refractivity contribution in [3.63, 3.8) is 0 Å². The SMILES string of the molecule is CCCN(C(=O)Cc1ccc(-c2ccccc2)cc1)C(CC)c1nc2cccc(C)c2c(=O)n1-c1ccc(C#N)cc1. The third kappa shape index (κ3) is 5.73. The fraction of sp³-hybridized carbons (Fsp3) is 0.222. The molecule has 0 saturated carbocycles. The van der Waals surface area contributed by atoms with Crippen molar-refractivity contribution in [3.05, 3.63) is 130 Å². The van der Waals surface area contributed by atoms with Crippen molar-refractivity contribution in [3.8, 4) is 22.9 Å². The van der Waals surface area contributed by atoms with E-state index in [4.69, 9.17) is 4.98 Å². The lowest BCUT2D eigenvalue weighted by molar-refractivity contribution is -0.133. The number of nitrogens with zero attached hydrogens (tertiary/aromatic N) is 4. The Morgan fingerprint density at radius 2 is 1.60 bits per heavy atom. The van der Waals surface area contributed by atoms with Gasteiger partial charge < -0.3 is 4.90 Å². The smallest absolute Gasteiger partial charge is 0.266 e. The van der Waals surface area contributed by atoms with Crippen LogP contribution in [0.1, 0.15) is 55.2 Å². The van der Waals surface area contributed by atoms with Crippen molar-refractivity contribution in [1.29, 1.82) is 5.26 Å². The molecule has 0 spiro atoms. The van der Waals surface area contributed by atoms with Gasteiger partial charge in [-0.05, 0) is 72.4 Å². The van der Waals surface area contributed by atoms with Crippen LogP contribution in [0.25, 0.3) is 27.7 Å². The number of nitriles is 1. The summed E-state index contributed by atoms with van der Waals surface area (Å²) in [6.45, 7) is 6.51. The standard InChI is InChI=1S/C36H34N4O2/c1-4-22-39(33(41)23-26-14-18-29(19-15-26)28-11-7-6-8-12-28)32(5-2)35-38-31-13-9-10-25(3)34(31)36(42)40(35)30-20-16-27(24-37)17-21-30/h6-21,32H,4-5,22-23H2,1-3H3. The molecule has 0 bridgehead atoms. The van der Waals surface area contributed by atoms with Gasteiger partial charge in [-0.15, -0.1) is 0 Å². The van der Waals surface area contributed by atoms with Gasteiger partial charge in [0.25, 0.3) is 5.56 Å². The first-order valence-corrected chi connectivity index (χ1v) is 14.4. The molecule has 4 aromatic carbocycles. The Hall–Kier alpha value is -5.02. The summed E-state index contributed by atoms with van der Waals surface area (Å²) >= 11 is 0. The van der Waals surface area contributed by atoms with Gasteiger partial charge in [0.2, 0.25) is 5.91 Å². The van der Waals surface area contributed by atoms with Crippen LogP contribution >= 0.6 is 0 Å². The summed E-state index contributed by atoms with van der Waals surface area (Å²) in [5, 5.41) is 9.87. The van der Waals surface area contributed by atoms with E-state index in [1.54, 1.807) is 28.8 Å². The van der Waals surface area contributed by atoms with E-state index in [0.29, 0.717) is 40.9 Å². The minimum Gasteiger partial charge on any atom is -0.332 e. The molecule has 0 aliphatic heterocycles. The molecule has 1 atom stereocenters. The second kappa shape index (κ2) is 12.7. The number of amides is 1. The monoisotopic (exact) mass is 554 g/mol. The molecular weight excluding hydrogens is 520 g/mol. The maximum atomic E-state index is 14.1. The molecule has 1 heterocycles. The summed E-state index contributed by atoms with van der Waals surface area (Å²) in [4.78, 5) is 34.9. The first kappa shape index (κ1) is 28.5. The molecule has 210 valence electrons. The number of aromatic nitrogens is 2. The van der Waals surface area contributed by atoms with E-state index in [0.717, 1.165) is 28.7 Å². The molecule has 1 aromatic heterocycles. The van der Waals surface area contributed by atoms with Crippen LogP contribution in [0.3, 0.4) is 0 Å². The summed E-state index contributed by atoms with van der Waals surface area (Å²) in [5.41, 5.74) is 5.56. The van der Waals surface area contributed by atoms with Crippen molar-refractivity contribution >= 4 is 16.8 Å². The molecular formula is C36H34N4O2. The Kier molecular flexibility index (Phi) is 8.59. The minimum absolute atomic E-state index is 0.0128. The number of rotatable bonds is 9. The summed E-state index contributed by atoms with van der Waals surface area (Å²) in [6.07, 6.45) is 1.60. The Morgan fingerprint density at radius 3 is 2.24 bits per heavy atom. The molecule has 0 aliphatic carbocycles. The molecule has 5 rings (SSSR count). The van der Waals surface area contributed by atoms with E-state index in [1.807, 2.05) is 74.2 Å². The second-order valence-electron chi connectivity index (χ2n) is 10.5. The highest BCUT2D eigenvalue weighted by atomic mass is 16.2. The van der Waals surface area contributed by atoms with Crippen LogP contribution in [-0.2, 0) is 11.2 Å². The number of carbonyl (C=O) groups excluding carboxylic acids is 1. The summed E-state index contributed by atoms with van der Waals surface area (Å²) < 4.78 is 1.62. The minimum atomic E-state index is -0.422. The van der Waals surface area contributed by atoms with Crippen LogP contribution in [0.15, 0.2) is 102 Å². The van der Waals surface area contributed by atoms with E-state index in [1.165, 1.54) is 0 Å². The quantitative estimate of drug-likeness (QED) is 0.194. The summed E-state index contributed by atoms with van der Waals surface area (Å²) in [6, 6.07) is 32.6. The summed E-state index contributed by atoms with van der Waals surface area (Å²) in [5.74, 6) is 0.507. The molecule has 6 nitrogen and oxygen atoms in total. The summed E-state index contributed by atoms with van der Waals surface area (Å²) in [7, 11) is 0. The normalized spacial score (nSPS) is 11.7. The molecule has 0 fully saturated rings. The van der Waals surface area contributed by atoms with Gasteiger partial charge in [-0.25, -0.2) is 4.98 Å². The van der Waals surface area contributed by atoms with E-state index in [9.17, 15) is 14.9 Å². The highest BCUT2D eigenvalue weighted by molar-refractivity contribution is 5.82. The molecule has 0 aliphatic rings. The third-order valence-corrected chi connectivity index (χ3v) is 7.65. The van der Waals surface area contributed by atoms with Gasteiger partial charge >= 0.3 is 0 Å². The van der Waals surface area contributed by atoms with Gasteiger partial charge in [0, 0.05) is 6.54 Å². The molecule has 6 heteroatoms. The van der Waals surface area contributed by atoms with Crippen molar-refractivity contribution in [2.75, 3.05) is 6.54 Å². The van der Waals surface area contributed by atoms with Crippen molar-refractivity contribution in [2.24, 2.45) is 0 Å². The Balaban J connectivity index is 1.56. The molecule has 1 amide bonds. The zero-order valence-electron chi connectivity index (χ0n) is 24.2. The van der Waals surface area contributed by atoms with Crippen LogP contribution in [0.5, 0.6) is 0 Å². The fourth-order valence-electron chi connectivity index (χ4n) is 5.53. The van der Waals surface area contributed by atoms with E-state index >= 15 is 0 Å². The van der Waals surface area contributed by atoms with Crippen LogP contribution < -0.4 is 5.56 Å². The van der Waals surface area contributed by atoms with Crippen molar-refractivity contribution < 1.29 is 4.79 Å². The van der Waals surface area contributed by atoms with E-state index < -0.39 is 6.04 Å². The first-order valence-electron chi connectivity index (χ1n) is 14.4. The lowest BCUT2D eigenvalue weighted by atomic mass is 10.0. The topological polar surface area (TPSA) is 79.0 Å². The van der Waals surface area contributed by atoms with E-state index in [-0.39, 0.29) is 17.9 Å². The number of hydrogen-bond acceptors (Lipinski definition) is 4. The van der Waals surface area contributed by atoms with Gasteiger partial charge in [-0.1, -0.05) is 80.6 Å². The zero-order valence-corrected chi connectivity index (χ0v) is 24.2. The van der Waals surface area contributed by atoms with Crippen molar-refractivity contribution in [2.45, 2.75) is 46.1 Å². The molecule has 0 radical (unpaired) electrons. The second-order valence-corrected chi connectivity index (χ2v) is 10.5. The van der Waals surface area contributed by atoms with Gasteiger partial charge in [-0.2, -0.15) is 5.26 Å². The lowest BCUT2D eigenvalue weighted by Crippen LogP contribution is -2.39. The number of aryl methyl sites for hydroxylation is 1. The van der Waals surface area contributed by atoms with Crippen molar-refractivity contribution in [1.82, 2.24) is 14.5 Å². The average Bonchev–Trinajstić information content (AvgIpc) is 3.02. The van der Waals surface area contributed by atoms with Crippen LogP contribution in [0.4, 0.5) is 0 Å². The molecule has 0 saturated heterocycles. The predicted octanol–water partition coefficient (Wildman–Crippen LogP) is 7.17. The molecule has 5 aromatic rings. The fourth-order valence-corrected chi connectivity index (χ4v) is 5.53. The Labute approximate surface area is 246 Å². The largest absolute Gasteiger partial charge is 0.332 e. The number of carbonyl (C=O) groups is 1. The van der Waals surface area contributed by atoms with Crippen LogP contribution in [0.2, 0.25) is 0 Å². The van der Waals surface area contributed by atoms with Crippen LogP contribution in [0, 0.1) is 18.3 Å². The highest BCUT2D eigenvalue weighted by Gasteiger charge is 2.29. The van der Waals surface area contributed by atoms with Crippen LogP contribution in [-0.4, -0.2) is 26.9 Å². The number of hydrogen-bond donors (Lipinski definition) is 0. The van der Waals surface area contributed by atoms with E-state index in [2.05, 4.69) is 30.3 Å². The Bertz CT molecular complexity index is 1800. The third-order valence-electron chi connectivity index (χ3n) is 7.65. The van der Waals surface area contributed by atoms with Gasteiger partial charge in [0.05, 0.1) is 40.7 Å². The van der Waals surface area contributed by atoms with Gasteiger partial charge in [-0.3, -0.25) is 14.2 Å².